The molecule has 0 radical (unpaired) electrons. The van der Waals surface area contributed by atoms with E-state index in [0.29, 0.717) is 5.88 Å². The average molecular weight is 237 g/mol. The molecule has 2 heterocycles. The van der Waals surface area contributed by atoms with Gasteiger partial charge >= 0.3 is 0 Å². The number of hydrogen-bond acceptors (Lipinski definition) is 5. The fourth-order valence-electron chi connectivity index (χ4n) is 1.57. The lowest BCUT2D eigenvalue weighted by atomic mass is 10.3. The number of nitrogens with one attached hydrogen (secondary N) is 1. The zero-order chi connectivity index (χ0) is 11.5. The number of aryl methyl sites for hydroxylation is 1. The molecule has 0 bridgehead atoms. The maximum absolute atomic E-state index is 5.77. The van der Waals surface area contributed by atoms with Crippen LogP contribution in [0.2, 0.25) is 0 Å². The van der Waals surface area contributed by atoms with Crippen molar-refractivity contribution < 1.29 is 4.74 Å². The highest BCUT2D eigenvalue weighted by Crippen LogP contribution is 2.29. The maximum Gasteiger partial charge on any atom is 0.225 e. The van der Waals surface area contributed by atoms with E-state index in [9.17, 15) is 0 Å². The molecule has 1 N–H and O–H groups in total. The van der Waals surface area contributed by atoms with Gasteiger partial charge in [0, 0.05) is 11.4 Å². The third kappa shape index (κ3) is 2.31. The second-order valence-corrected chi connectivity index (χ2v) is 4.98. The lowest BCUT2D eigenvalue weighted by Gasteiger charge is -2.13. The molecule has 0 saturated carbocycles. The highest BCUT2D eigenvalue weighted by Gasteiger charge is 2.10. The summed E-state index contributed by atoms with van der Waals surface area (Å²) in [4.78, 5) is 10.6. The molecule has 2 aromatic heterocycles. The van der Waals surface area contributed by atoms with Gasteiger partial charge in [0.1, 0.15) is 17.3 Å². The number of rotatable bonds is 4. The van der Waals surface area contributed by atoms with Crippen LogP contribution < -0.4 is 10.1 Å². The normalized spacial score (nSPS) is 12.9. The van der Waals surface area contributed by atoms with Crippen molar-refractivity contribution in [3.63, 3.8) is 0 Å². The van der Waals surface area contributed by atoms with Crippen molar-refractivity contribution in [3.05, 3.63) is 17.3 Å². The molecule has 2 rings (SSSR count). The first-order valence-corrected chi connectivity index (χ1v) is 6.04. The first-order valence-electron chi connectivity index (χ1n) is 5.23. The summed E-state index contributed by atoms with van der Waals surface area (Å²) in [6.45, 7) is 4.88. The van der Waals surface area contributed by atoms with E-state index in [4.69, 9.17) is 4.74 Å². The molecule has 0 amide bonds. The summed E-state index contributed by atoms with van der Waals surface area (Å²) in [7, 11) is 1.91. The summed E-state index contributed by atoms with van der Waals surface area (Å²) in [5.41, 5.74) is 0. The van der Waals surface area contributed by atoms with Crippen molar-refractivity contribution in [3.8, 4) is 5.88 Å². The third-order valence-corrected chi connectivity index (χ3v) is 3.18. The number of fused-ring (bicyclic) bond motifs is 1. The smallest absolute Gasteiger partial charge is 0.225 e. The Morgan fingerprint density at radius 3 is 3.06 bits per heavy atom. The second kappa shape index (κ2) is 4.76. The second-order valence-electron chi connectivity index (χ2n) is 3.74. The molecule has 0 aromatic carbocycles. The molecule has 0 fully saturated rings. The Morgan fingerprint density at radius 1 is 1.50 bits per heavy atom. The van der Waals surface area contributed by atoms with Gasteiger partial charge in [0.2, 0.25) is 5.88 Å². The average Bonchev–Trinajstić information content (AvgIpc) is 2.60. The lowest BCUT2D eigenvalue weighted by molar-refractivity contribution is 0.214. The summed E-state index contributed by atoms with van der Waals surface area (Å²) in [6, 6.07) is 2.07. The standard InChI is InChI=1S/C11H15N3OS/c1-7(5-12-3)15-10-9-4-8(2)16-11(9)14-6-13-10/h4,6-7,12H,5H2,1-3H3. The van der Waals surface area contributed by atoms with Gasteiger partial charge in [0.15, 0.2) is 0 Å². The Bertz CT molecular complexity index is 483. The van der Waals surface area contributed by atoms with E-state index in [1.165, 1.54) is 4.88 Å². The van der Waals surface area contributed by atoms with Gasteiger partial charge < -0.3 is 10.1 Å². The fourth-order valence-corrected chi connectivity index (χ4v) is 2.41. The predicted molar refractivity (Wildman–Crippen MR) is 66.2 cm³/mol. The van der Waals surface area contributed by atoms with Gasteiger partial charge in [-0.2, -0.15) is 0 Å². The largest absolute Gasteiger partial charge is 0.473 e. The zero-order valence-corrected chi connectivity index (χ0v) is 10.5. The van der Waals surface area contributed by atoms with Crippen molar-refractivity contribution in [2.24, 2.45) is 0 Å². The van der Waals surface area contributed by atoms with E-state index >= 15 is 0 Å². The van der Waals surface area contributed by atoms with Crippen LogP contribution in [0.25, 0.3) is 10.2 Å². The Hall–Kier alpha value is -1.20. The number of nitrogens with zero attached hydrogens (tertiary/aromatic N) is 2. The first kappa shape index (κ1) is 11.3. The Morgan fingerprint density at radius 2 is 2.31 bits per heavy atom. The van der Waals surface area contributed by atoms with Crippen molar-refractivity contribution in [2.45, 2.75) is 20.0 Å². The van der Waals surface area contributed by atoms with E-state index < -0.39 is 0 Å². The van der Waals surface area contributed by atoms with E-state index in [-0.39, 0.29) is 6.10 Å². The summed E-state index contributed by atoms with van der Waals surface area (Å²) >= 11 is 1.66. The van der Waals surface area contributed by atoms with Gasteiger partial charge in [-0.05, 0) is 27.0 Å². The number of thiophene rings is 1. The van der Waals surface area contributed by atoms with Crippen LogP contribution in [-0.2, 0) is 0 Å². The molecule has 0 spiro atoms. The van der Waals surface area contributed by atoms with Crippen LogP contribution >= 0.6 is 11.3 Å². The third-order valence-electron chi connectivity index (χ3n) is 2.22. The first-order chi connectivity index (χ1) is 7.70. The summed E-state index contributed by atoms with van der Waals surface area (Å²) < 4.78 is 5.77. The van der Waals surface area contributed by atoms with Crippen LogP contribution in [0.15, 0.2) is 12.4 Å². The van der Waals surface area contributed by atoms with E-state index in [2.05, 4.69) is 28.3 Å². The van der Waals surface area contributed by atoms with Crippen LogP contribution in [0.1, 0.15) is 11.8 Å². The van der Waals surface area contributed by atoms with Gasteiger partial charge in [-0.15, -0.1) is 11.3 Å². The predicted octanol–water partition coefficient (Wildman–Crippen LogP) is 1.99. The minimum atomic E-state index is 0.100. The van der Waals surface area contributed by atoms with Crippen molar-refractivity contribution in [1.82, 2.24) is 15.3 Å². The van der Waals surface area contributed by atoms with E-state index in [0.717, 1.165) is 16.8 Å². The molecule has 1 atom stereocenters. The lowest BCUT2D eigenvalue weighted by Crippen LogP contribution is -2.26. The van der Waals surface area contributed by atoms with Crippen molar-refractivity contribution >= 4 is 21.6 Å². The van der Waals surface area contributed by atoms with Crippen LogP contribution in [0.3, 0.4) is 0 Å². The van der Waals surface area contributed by atoms with Crippen LogP contribution in [0.5, 0.6) is 5.88 Å². The molecule has 0 aliphatic heterocycles. The minimum absolute atomic E-state index is 0.100. The van der Waals surface area contributed by atoms with Crippen LogP contribution in [-0.4, -0.2) is 29.7 Å². The van der Waals surface area contributed by atoms with Crippen molar-refractivity contribution in [1.29, 1.82) is 0 Å². The Balaban J connectivity index is 2.29. The fraction of sp³-hybridized carbons (Fsp3) is 0.455. The molecule has 0 aliphatic rings. The van der Waals surface area contributed by atoms with Gasteiger partial charge in [0.05, 0.1) is 5.39 Å². The Labute approximate surface area is 98.7 Å². The van der Waals surface area contributed by atoms with E-state index in [1.807, 2.05) is 14.0 Å². The monoisotopic (exact) mass is 237 g/mol. The Kier molecular flexibility index (Phi) is 3.36. The molecular weight excluding hydrogens is 222 g/mol. The highest BCUT2D eigenvalue weighted by atomic mass is 32.1. The minimum Gasteiger partial charge on any atom is -0.473 e. The highest BCUT2D eigenvalue weighted by molar-refractivity contribution is 7.18. The molecule has 5 heteroatoms. The van der Waals surface area contributed by atoms with Gasteiger partial charge in [0.25, 0.3) is 0 Å². The zero-order valence-electron chi connectivity index (χ0n) is 9.65. The van der Waals surface area contributed by atoms with Crippen molar-refractivity contribution in [2.75, 3.05) is 13.6 Å². The molecule has 86 valence electrons. The topological polar surface area (TPSA) is 47.0 Å². The number of likely N-dealkylation sites (N-methyl/N-ethyl adjacent to an activating group) is 1. The van der Waals surface area contributed by atoms with E-state index in [1.54, 1.807) is 17.7 Å². The molecule has 4 nitrogen and oxygen atoms in total. The van der Waals surface area contributed by atoms with Gasteiger partial charge in [-0.1, -0.05) is 0 Å². The maximum atomic E-state index is 5.77. The summed E-state index contributed by atoms with van der Waals surface area (Å²) in [5, 5.41) is 4.08. The molecule has 0 aliphatic carbocycles. The molecule has 1 unspecified atom stereocenters. The number of hydrogen-bond donors (Lipinski definition) is 1. The van der Waals surface area contributed by atoms with Gasteiger partial charge in [-0.3, -0.25) is 0 Å². The molecule has 16 heavy (non-hydrogen) atoms. The van der Waals surface area contributed by atoms with Gasteiger partial charge in [-0.25, -0.2) is 9.97 Å². The number of ether oxygens (including phenoxy) is 1. The number of aromatic nitrogens is 2. The van der Waals surface area contributed by atoms with Crippen LogP contribution in [0, 0.1) is 6.92 Å². The van der Waals surface area contributed by atoms with Crippen LogP contribution in [0.4, 0.5) is 0 Å². The summed E-state index contributed by atoms with van der Waals surface area (Å²) in [5.74, 6) is 0.678. The quantitative estimate of drug-likeness (QED) is 0.883. The summed E-state index contributed by atoms with van der Waals surface area (Å²) in [6.07, 6.45) is 1.66. The molecular formula is C11H15N3OS. The molecule has 2 aromatic rings. The SMILES string of the molecule is CNCC(C)Oc1ncnc2sc(C)cc12. The molecule has 0 saturated heterocycles.